The Labute approximate surface area is 188 Å². The van der Waals surface area contributed by atoms with Gasteiger partial charge in [-0.25, -0.2) is 9.69 Å². The molecule has 166 valence electrons. The quantitative estimate of drug-likeness (QED) is 0.561. The highest BCUT2D eigenvalue weighted by Gasteiger charge is 2.38. The molecular weight excluding hydrogens is 402 g/mol. The van der Waals surface area contributed by atoms with Crippen molar-refractivity contribution in [2.24, 2.45) is 0 Å². The van der Waals surface area contributed by atoms with Crippen molar-refractivity contribution < 1.29 is 14.4 Å². The fourth-order valence-electron chi connectivity index (χ4n) is 5.02. The summed E-state index contributed by atoms with van der Waals surface area (Å²) >= 11 is 0. The maximum absolute atomic E-state index is 13.2. The number of nitrogens with one attached hydrogen (secondary N) is 1. The predicted octanol–water partition coefficient (Wildman–Crippen LogP) is 4.77. The molecule has 1 saturated heterocycles. The van der Waals surface area contributed by atoms with E-state index in [4.69, 9.17) is 0 Å². The van der Waals surface area contributed by atoms with Gasteiger partial charge in [0.05, 0.1) is 5.69 Å². The van der Waals surface area contributed by atoms with E-state index in [1.165, 1.54) is 11.3 Å². The molecule has 2 aliphatic rings. The van der Waals surface area contributed by atoms with Crippen LogP contribution >= 0.6 is 0 Å². The van der Waals surface area contributed by atoms with E-state index in [0.29, 0.717) is 11.6 Å². The SMILES string of the molecule is CCN1c2ccc(/C=C3\C(=O)NC(=O)N(c4cccc(C)c4)C3=O)cc2C(C)CC1(C)C. The highest BCUT2D eigenvalue weighted by Crippen LogP contribution is 2.43. The van der Waals surface area contributed by atoms with Crippen molar-refractivity contribution >= 4 is 35.3 Å². The first-order chi connectivity index (χ1) is 15.1. The third-order valence-electron chi connectivity index (χ3n) is 6.40. The van der Waals surface area contributed by atoms with Gasteiger partial charge in [0.2, 0.25) is 0 Å². The topological polar surface area (TPSA) is 69.7 Å². The molecule has 1 N–H and O–H groups in total. The zero-order chi connectivity index (χ0) is 23.2. The average molecular weight is 432 g/mol. The highest BCUT2D eigenvalue weighted by atomic mass is 16.2. The van der Waals surface area contributed by atoms with E-state index in [0.717, 1.165) is 29.0 Å². The largest absolute Gasteiger partial charge is 0.366 e. The molecule has 0 aliphatic carbocycles. The maximum Gasteiger partial charge on any atom is 0.335 e. The van der Waals surface area contributed by atoms with Crippen LogP contribution < -0.4 is 15.1 Å². The first kappa shape index (κ1) is 21.8. The number of barbiturate groups is 1. The number of anilines is 2. The van der Waals surface area contributed by atoms with Crippen LogP contribution in [0.4, 0.5) is 16.2 Å². The third-order valence-corrected chi connectivity index (χ3v) is 6.40. The highest BCUT2D eigenvalue weighted by molar-refractivity contribution is 6.39. The van der Waals surface area contributed by atoms with E-state index in [2.05, 4.69) is 50.0 Å². The Morgan fingerprint density at radius 3 is 2.56 bits per heavy atom. The molecule has 1 unspecified atom stereocenters. The molecule has 0 radical (unpaired) electrons. The van der Waals surface area contributed by atoms with E-state index < -0.39 is 17.8 Å². The molecule has 2 aromatic carbocycles. The molecule has 1 atom stereocenters. The van der Waals surface area contributed by atoms with Gasteiger partial charge in [-0.3, -0.25) is 14.9 Å². The molecule has 2 aromatic rings. The maximum atomic E-state index is 13.2. The van der Waals surface area contributed by atoms with Crippen LogP contribution in [-0.4, -0.2) is 29.9 Å². The minimum absolute atomic E-state index is 0.0535. The predicted molar refractivity (Wildman–Crippen MR) is 127 cm³/mol. The summed E-state index contributed by atoms with van der Waals surface area (Å²) in [7, 11) is 0. The molecule has 0 saturated carbocycles. The number of amides is 4. The van der Waals surface area contributed by atoms with Crippen LogP contribution in [0.25, 0.3) is 6.08 Å². The minimum atomic E-state index is -0.734. The van der Waals surface area contributed by atoms with Gasteiger partial charge in [-0.15, -0.1) is 0 Å². The molecule has 6 nitrogen and oxygen atoms in total. The summed E-state index contributed by atoms with van der Waals surface area (Å²) in [6, 6.07) is 12.4. The molecule has 2 aliphatic heterocycles. The molecule has 32 heavy (non-hydrogen) atoms. The lowest BCUT2D eigenvalue weighted by atomic mass is 9.79. The lowest BCUT2D eigenvalue weighted by Crippen LogP contribution is -2.54. The van der Waals surface area contributed by atoms with Crippen LogP contribution in [0, 0.1) is 6.92 Å². The molecule has 0 aromatic heterocycles. The molecule has 0 bridgehead atoms. The zero-order valence-electron chi connectivity index (χ0n) is 19.2. The number of benzene rings is 2. The van der Waals surface area contributed by atoms with Gasteiger partial charge in [-0.2, -0.15) is 0 Å². The number of nitrogens with zero attached hydrogens (tertiary/aromatic N) is 2. The molecule has 0 spiro atoms. The van der Waals surface area contributed by atoms with Crippen molar-refractivity contribution in [3.8, 4) is 0 Å². The van der Waals surface area contributed by atoms with E-state index in [1.54, 1.807) is 24.3 Å². The van der Waals surface area contributed by atoms with Crippen LogP contribution in [0.15, 0.2) is 48.0 Å². The van der Waals surface area contributed by atoms with Crippen molar-refractivity contribution in [3.63, 3.8) is 0 Å². The van der Waals surface area contributed by atoms with Crippen molar-refractivity contribution in [2.45, 2.75) is 52.5 Å². The summed E-state index contributed by atoms with van der Waals surface area (Å²) in [5.41, 5.74) is 4.52. The van der Waals surface area contributed by atoms with Gasteiger partial charge in [0.15, 0.2) is 0 Å². The van der Waals surface area contributed by atoms with Crippen molar-refractivity contribution in [3.05, 3.63) is 64.7 Å². The van der Waals surface area contributed by atoms with Gasteiger partial charge in [0.1, 0.15) is 5.57 Å². The molecule has 4 amide bonds. The number of aryl methyl sites for hydroxylation is 1. The third kappa shape index (κ3) is 3.70. The number of hydrogen-bond acceptors (Lipinski definition) is 4. The Kier molecular flexibility index (Phi) is 5.41. The smallest absolute Gasteiger partial charge is 0.335 e. The number of carbonyl (C=O) groups is 3. The zero-order valence-corrected chi connectivity index (χ0v) is 19.2. The summed E-state index contributed by atoms with van der Waals surface area (Å²) in [6.45, 7) is 11.7. The monoisotopic (exact) mass is 431 g/mol. The van der Waals surface area contributed by atoms with Crippen LogP contribution in [0.3, 0.4) is 0 Å². The van der Waals surface area contributed by atoms with Crippen LogP contribution in [0.2, 0.25) is 0 Å². The fraction of sp³-hybridized carbons (Fsp3) is 0.346. The Bertz CT molecular complexity index is 1150. The second-order valence-electron chi connectivity index (χ2n) is 9.28. The summed E-state index contributed by atoms with van der Waals surface area (Å²) in [6.07, 6.45) is 2.60. The van der Waals surface area contributed by atoms with E-state index in [9.17, 15) is 14.4 Å². The van der Waals surface area contributed by atoms with Gasteiger partial charge < -0.3 is 4.90 Å². The first-order valence-corrected chi connectivity index (χ1v) is 11.0. The Hall–Kier alpha value is -3.41. The molecule has 2 heterocycles. The number of urea groups is 1. The van der Waals surface area contributed by atoms with Crippen LogP contribution in [0.5, 0.6) is 0 Å². The first-order valence-electron chi connectivity index (χ1n) is 11.0. The lowest BCUT2D eigenvalue weighted by Gasteiger charge is -2.47. The van der Waals surface area contributed by atoms with Gasteiger partial charge in [0, 0.05) is 17.8 Å². The molecule has 6 heteroatoms. The molecule has 1 fully saturated rings. The van der Waals surface area contributed by atoms with Crippen molar-refractivity contribution in [1.82, 2.24) is 5.32 Å². The molecular formula is C26H29N3O3. The Morgan fingerprint density at radius 1 is 1.12 bits per heavy atom. The van der Waals surface area contributed by atoms with Crippen molar-refractivity contribution in [2.75, 3.05) is 16.3 Å². The van der Waals surface area contributed by atoms with E-state index >= 15 is 0 Å². The number of carbonyl (C=O) groups excluding carboxylic acids is 3. The second-order valence-corrected chi connectivity index (χ2v) is 9.28. The van der Waals surface area contributed by atoms with Gasteiger partial charge in [-0.05, 0) is 87.1 Å². The van der Waals surface area contributed by atoms with Crippen LogP contribution in [-0.2, 0) is 9.59 Å². The standard InChI is InChI=1S/C26H29N3O3/c1-6-28-22-11-10-18(13-20(22)17(3)15-26(28,4)5)14-21-23(30)27-25(32)29(24(21)31)19-9-7-8-16(2)12-19/h7-14,17H,6,15H2,1-5H3,(H,27,30,32)/b21-14+. The number of fused-ring (bicyclic) bond motifs is 1. The van der Waals surface area contributed by atoms with Crippen LogP contribution in [0.1, 0.15) is 56.7 Å². The summed E-state index contributed by atoms with van der Waals surface area (Å²) in [5, 5.41) is 2.30. The Balaban J connectivity index is 1.73. The minimum Gasteiger partial charge on any atom is -0.366 e. The normalized spacial score (nSPS) is 21.6. The van der Waals surface area contributed by atoms with Gasteiger partial charge in [-0.1, -0.05) is 25.1 Å². The summed E-state index contributed by atoms with van der Waals surface area (Å²) in [5.74, 6) is -0.945. The number of imide groups is 2. The number of rotatable bonds is 3. The van der Waals surface area contributed by atoms with Gasteiger partial charge in [0.25, 0.3) is 11.8 Å². The summed E-state index contributed by atoms with van der Waals surface area (Å²) in [4.78, 5) is 41.6. The molecule has 4 rings (SSSR count). The Morgan fingerprint density at radius 2 is 1.88 bits per heavy atom. The second kappa shape index (κ2) is 7.93. The van der Waals surface area contributed by atoms with E-state index in [-0.39, 0.29) is 11.1 Å². The lowest BCUT2D eigenvalue weighted by molar-refractivity contribution is -0.122. The van der Waals surface area contributed by atoms with Gasteiger partial charge >= 0.3 is 6.03 Å². The van der Waals surface area contributed by atoms with E-state index in [1.807, 2.05) is 19.1 Å². The van der Waals surface area contributed by atoms with Crippen molar-refractivity contribution in [1.29, 1.82) is 0 Å². The summed E-state index contributed by atoms with van der Waals surface area (Å²) < 4.78 is 0. The average Bonchev–Trinajstić information content (AvgIpc) is 2.71. The number of hydrogen-bond donors (Lipinski definition) is 1. The fourth-order valence-corrected chi connectivity index (χ4v) is 5.02.